The molecule has 0 aromatic heterocycles. The second-order valence-electron chi connectivity index (χ2n) is 6.78. The van der Waals surface area contributed by atoms with Gasteiger partial charge in [-0.25, -0.2) is 4.98 Å². The Morgan fingerprint density at radius 3 is 2.41 bits per heavy atom. The Bertz CT molecular complexity index is 1120. The van der Waals surface area contributed by atoms with Crippen LogP contribution in [0.15, 0.2) is 60.7 Å². The van der Waals surface area contributed by atoms with Crippen molar-refractivity contribution in [1.29, 1.82) is 5.41 Å². The first-order chi connectivity index (χ1) is 13.1. The number of aromatic nitrogens is 2. The molecule has 2 aromatic carbocycles. The summed E-state index contributed by atoms with van der Waals surface area (Å²) in [5, 5.41) is 8.82. The maximum absolute atomic E-state index is 8.29. The molecule has 27 heavy (non-hydrogen) atoms. The molecule has 4 nitrogen and oxygen atoms in total. The van der Waals surface area contributed by atoms with Gasteiger partial charge in [0.2, 0.25) is 0 Å². The Kier molecular flexibility index (Phi) is 4.40. The van der Waals surface area contributed by atoms with E-state index in [0.29, 0.717) is 5.36 Å². The van der Waals surface area contributed by atoms with Crippen LogP contribution in [-0.2, 0) is 0 Å². The molecule has 0 radical (unpaired) electrons. The number of nitrogens with zero attached hydrogens (tertiary/aromatic N) is 3. The molecule has 0 spiro atoms. The summed E-state index contributed by atoms with van der Waals surface area (Å²) in [5.74, 6) is 0. The zero-order chi connectivity index (χ0) is 19.0. The van der Waals surface area contributed by atoms with E-state index in [1.165, 1.54) is 5.69 Å². The maximum Gasteiger partial charge on any atom is 0.0882 e. The first-order valence-electron chi connectivity index (χ1n) is 9.44. The van der Waals surface area contributed by atoms with E-state index in [9.17, 15) is 0 Å². The minimum absolute atomic E-state index is 0.535. The number of fused-ring (bicyclic) bond motifs is 2. The van der Waals surface area contributed by atoms with Crippen LogP contribution in [0.4, 0.5) is 5.69 Å². The lowest BCUT2D eigenvalue weighted by Crippen LogP contribution is -2.22. The molecule has 0 unspecified atom stereocenters. The Hall–Kier alpha value is -3.14. The highest BCUT2D eigenvalue weighted by Gasteiger charge is 2.16. The molecule has 0 amide bonds. The normalized spacial score (nSPS) is 11.2. The largest absolute Gasteiger partial charge is 0.372 e. The lowest BCUT2D eigenvalue weighted by Gasteiger charge is -2.24. The van der Waals surface area contributed by atoms with Gasteiger partial charge in [-0.1, -0.05) is 18.2 Å². The van der Waals surface area contributed by atoms with Crippen molar-refractivity contribution in [2.75, 3.05) is 18.0 Å². The summed E-state index contributed by atoms with van der Waals surface area (Å²) in [7, 11) is 0. The van der Waals surface area contributed by atoms with Crippen LogP contribution in [0.25, 0.3) is 28.1 Å². The number of anilines is 1. The minimum atomic E-state index is 0.535. The van der Waals surface area contributed by atoms with Crippen molar-refractivity contribution in [3.05, 3.63) is 71.6 Å². The number of hydrogen-bond donors (Lipinski definition) is 1. The van der Waals surface area contributed by atoms with Gasteiger partial charge in [0.1, 0.15) is 0 Å². The predicted octanol–water partition coefficient (Wildman–Crippen LogP) is 4.76. The van der Waals surface area contributed by atoms with Crippen molar-refractivity contribution in [3.63, 3.8) is 0 Å². The van der Waals surface area contributed by atoms with Gasteiger partial charge in [0, 0.05) is 24.5 Å². The fraction of sp³-hybridized carbons (Fsp3) is 0.217. The molecular formula is C23H24N4. The molecule has 2 aromatic rings. The Labute approximate surface area is 159 Å². The minimum Gasteiger partial charge on any atom is -0.372 e. The first kappa shape index (κ1) is 17.3. The van der Waals surface area contributed by atoms with E-state index < -0.39 is 0 Å². The summed E-state index contributed by atoms with van der Waals surface area (Å²) in [6, 6.07) is 20.7. The van der Waals surface area contributed by atoms with Gasteiger partial charge < -0.3 is 14.9 Å². The Balaban J connectivity index is 2.13. The summed E-state index contributed by atoms with van der Waals surface area (Å²) in [4.78, 5) is 7.23. The molecule has 1 heterocycles. The number of hydrogen-bond acceptors (Lipinski definition) is 3. The van der Waals surface area contributed by atoms with Crippen LogP contribution >= 0.6 is 0 Å². The van der Waals surface area contributed by atoms with Crippen molar-refractivity contribution in [2.45, 2.75) is 20.8 Å². The molecule has 4 heteroatoms. The SMILES string of the molecule is CCN(CC)c1ccc2nc3cc(C)c(=N)cc-3n(-c3ccccc3)c2c1. The summed E-state index contributed by atoms with van der Waals surface area (Å²) in [6.07, 6.45) is 0. The highest BCUT2D eigenvalue weighted by Crippen LogP contribution is 2.31. The van der Waals surface area contributed by atoms with Crippen LogP contribution in [-0.4, -0.2) is 22.6 Å². The lowest BCUT2D eigenvalue weighted by molar-refractivity contribution is 0.866. The Morgan fingerprint density at radius 1 is 0.963 bits per heavy atom. The maximum atomic E-state index is 8.29. The van der Waals surface area contributed by atoms with Gasteiger partial charge in [-0.2, -0.15) is 0 Å². The fourth-order valence-electron chi connectivity index (χ4n) is 3.64. The van der Waals surface area contributed by atoms with Gasteiger partial charge in [-0.3, -0.25) is 0 Å². The smallest absolute Gasteiger partial charge is 0.0882 e. The van der Waals surface area contributed by atoms with E-state index in [1.807, 2.05) is 37.3 Å². The molecule has 136 valence electrons. The van der Waals surface area contributed by atoms with Crippen molar-refractivity contribution in [3.8, 4) is 17.1 Å². The molecule has 1 aliphatic heterocycles. The second-order valence-corrected chi connectivity index (χ2v) is 6.78. The van der Waals surface area contributed by atoms with Crippen LogP contribution in [0.1, 0.15) is 19.4 Å². The van der Waals surface area contributed by atoms with Gasteiger partial charge in [-0.05, 0) is 68.8 Å². The number of para-hydroxylation sites is 1. The molecule has 2 aliphatic rings. The number of aryl methyl sites for hydroxylation is 1. The van der Waals surface area contributed by atoms with Crippen LogP contribution in [0.5, 0.6) is 0 Å². The van der Waals surface area contributed by atoms with E-state index >= 15 is 0 Å². The van der Waals surface area contributed by atoms with E-state index in [4.69, 9.17) is 10.4 Å². The average molecular weight is 356 g/mol. The van der Waals surface area contributed by atoms with Crippen LogP contribution in [0.3, 0.4) is 0 Å². The fourth-order valence-corrected chi connectivity index (χ4v) is 3.64. The van der Waals surface area contributed by atoms with E-state index in [1.54, 1.807) is 0 Å². The van der Waals surface area contributed by atoms with Gasteiger partial charge in [0.15, 0.2) is 0 Å². The standard InChI is InChI=1S/C23H24N4/c1-4-26(5-2)18-11-12-20-22(14-18)27(17-9-7-6-8-10-17)23-15-19(24)16(3)13-21(23)25-20/h6-15,24H,4-5H2,1-3H3. The second kappa shape index (κ2) is 6.88. The van der Waals surface area contributed by atoms with Crippen molar-refractivity contribution in [1.82, 2.24) is 9.55 Å². The molecule has 1 aliphatic carbocycles. The Morgan fingerprint density at radius 2 is 1.70 bits per heavy atom. The van der Waals surface area contributed by atoms with Crippen molar-refractivity contribution >= 4 is 16.7 Å². The third kappa shape index (κ3) is 2.97. The van der Waals surface area contributed by atoms with Crippen LogP contribution in [0.2, 0.25) is 0 Å². The summed E-state index contributed by atoms with van der Waals surface area (Å²) in [5.41, 5.74) is 7.09. The third-order valence-corrected chi connectivity index (χ3v) is 5.15. The van der Waals surface area contributed by atoms with Gasteiger partial charge in [0.05, 0.1) is 27.8 Å². The quantitative estimate of drug-likeness (QED) is 0.536. The lowest BCUT2D eigenvalue weighted by atomic mass is 10.1. The van der Waals surface area contributed by atoms with Gasteiger partial charge in [0.25, 0.3) is 0 Å². The molecule has 0 bridgehead atoms. The first-order valence-corrected chi connectivity index (χ1v) is 9.44. The van der Waals surface area contributed by atoms with E-state index in [0.717, 1.165) is 46.8 Å². The van der Waals surface area contributed by atoms with E-state index in [-0.39, 0.29) is 0 Å². The molecule has 1 N–H and O–H groups in total. The molecule has 0 saturated carbocycles. The number of rotatable bonds is 4. The molecule has 0 atom stereocenters. The van der Waals surface area contributed by atoms with Crippen LogP contribution in [0, 0.1) is 12.3 Å². The third-order valence-electron chi connectivity index (χ3n) is 5.15. The number of benzene rings is 3. The topological polar surface area (TPSA) is 44.9 Å². The number of nitrogens with one attached hydrogen (secondary N) is 1. The highest BCUT2D eigenvalue weighted by atomic mass is 15.1. The average Bonchev–Trinajstić information content (AvgIpc) is 2.69. The summed E-state index contributed by atoms with van der Waals surface area (Å²) in [6.45, 7) is 8.23. The predicted molar refractivity (Wildman–Crippen MR) is 112 cm³/mol. The van der Waals surface area contributed by atoms with Gasteiger partial charge in [-0.15, -0.1) is 0 Å². The van der Waals surface area contributed by atoms with Crippen molar-refractivity contribution < 1.29 is 0 Å². The highest BCUT2D eigenvalue weighted by molar-refractivity contribution is 5.86. The zero-order valence-corrected chi connectivity index (χ0v) is 16.0. The monoisotopic (exact) mass is 356 g/mol. The zero-order valence-electron chi connectivity index (χ0n) is 16.0. The molecule has 0 saturated heterocycles. The summed E-state index contributed by atoms with van der Waals surface area (Å²) < 4.78 is 2.22. The molecule has 0 fully saturated rings. The van der Waals surface area contributed by atoms with Crippen LogP contribution < -0.4 is 10.3 Å². The molecule has 4 rings (SSSR count). The summed E-state index contributed by atoms with van der Waals surface area (Å²) >= 11 is 0. The van der Waals surface area contributed by atoms with E-state index in [2.05, 4.69) is 53.6 Å². The van der Waals surface area contributed by atoms with Gasteiger partial charge >= 0.3 is 0 Å². The molecular weight excluding hydrogens is 332 g/mol. The van der Waals surface area contributed by atoms with Crippen molar-refractivity contribution in [2.24, 2.45) is 0 Å².